The molecule has 1 amide bonds. The van der Waals surface area contributed by atoms with E-state index in [0.29, 0.717) is 6.54 Å². The smallest absolute Gasteiger partial charge is 0.224 e. The molecule has 1 fully saturated rings. The van der Waals surface area contributed by atoms with Crippen LogP contribution in [0, 0.1) is 5.41 Å². The maximum atomic E-state index is 11.6. The molecule has 1 heterocycles. The zero-order valence-corrected chi connectivity index (χ0v) is 13.0. The molecule has 116 valence electrons. The Morgan fingerprint density at radius 3 is 2.43 bits per heavy atom. The molecule has 1 saturated heterocycles. The molecule has 0 aromatic heterocycles. The Morgan fingerprint density at radius 2 is 2.00 bits per heavy atom. The number of rotatable bonds is 5. The minimum atomic E-state index is -0.459. The molecule has 1 aromatic rings. The fraction of sp³-hybridized carbons (Fsp3) is 0.562. The van der Waals surface area contributed by atoms with E-state index in [9.17, 15) is 4.79 Å². The van der Waals surface area contributed by atoms with E-state index in [1.54, 1.807) is 7.11 Å². The van der Waals surface area contributed by atoms with Crippen LogP contribution < -0.4 is 16.2 Å². The van der Waals surface area contributed by atoms with Gasteiger partial charge in [0, 0.05) is 18.6 Å². The maximum absolute atomic E-state index is 11.6. The first-order valence-corrected chi connectivity index (χ1v) is 7.31. The number of amides is 1. The number of hydrogen-bond acceptors (Lipinski definition) is 4. The second kappa shape index (κ2) is 6.03. The van der Waals surface area contributed by atoms with Gasteiger partial charge in [-0.2, -0.15) is 0 Å². The zero-order valence-electron chi connectivity index (χ0n) is 13.0. The van der Waals surface area contributed by atoms with Crippen molar-refractivity contribution in [1.29, 1.82) is 0 Å². The monoisotopic (exact) mass is 291 g/mol. The van der Waals surface area contributed by atoms with Crippen molar-refractivity contribution in [1.82, 2.24) is 4.90 Å². The number of ether oxygens (including phenoxy) is 1. The van der Waals surface area contributed by atoms with Gasteiger partial charge in [-0.15, -0.1) is 0 Å². The van der Waals surface area contributed by atoms with E-state index >= 15 is 0 Å². The van der Waals surface area contributed by atoms with Gasteiger partial charge in [0.2, 0.25) is 5.91 Å². The zero-order chi connectivity index (χ0) is 15.6. The Hall–Kier alpha value is -1.59. The molecule has 5 nitrogen and oxygen atoms in total. The molecule has 0 aliphatic carbocycles. The number of hydrogen-bond donors (Lipinski definition) is 2. The van der Waals surface area contributed by atoms with Gasteiger partial charge < -0.3 is 16.2 Å². The average molecular weight is 291 g/mol. The summed E-state index contributed by atoms with van der Waals surface area (Å²) in [5, 5.41) is 0. The summed E-state index contributed by atoms with van der Waals surface area (Å²) < 4.78 is 5.19. The molecule has 4 N–H and O–H groups in total. The molecular weight excluding hydrogens is 266 g/mol. The number of benzene rings is 1. The molecule has 0 spiro atoms. The maximum Gasteiger partial charge on any atom is 0.224 e. The first kappa shape index (κ1) is 15.8. The lowest BCUT2D eigenvalue weighted by molar-refractivity contribution is -0.126. The van der Waals surface area contributed by atoms with Crippen molar-refractivity contribution >= 4 is 5.91 Å². The van der Waals surface area contributed by atoms with E-state index in [-0.39, 0.29) is 18.0 Å². The minimum Gasteiger partial charge on any atom is -0.497 e. The average Bonchev–Trinajstić information content (AvgIpc) is 2.83. The fourth-order valence-electron chi connectivity index (χ4n) is 3.08. The number of carbonyl (C=O) groups excluding carboxylic acids is 1. The van der Waals surface area contributed by atoms with Crippen LogP contribution >= 0.6 is 0 Å². The van der Waals surface area contributed by atoms with Crippen LogP contribution in [0.25, 0.3) is 0 Å². The summed E-state index contributed by atoms with van der Waals surface area (Å²) in [4.78, 5) is 13.9. The van der Waals surface area contributed by atoms with Crippen LogP contribution in [0.4, 0.5) is 0 Å². The van der Waals surface area contributed by atoms with Gasteiger partial charge in [-0.3, -0.25) is 9.69 Å². The van der Waals surface area contributed by atoms with Crippen LogP contribution in [0.1, 0.15) is 31.9 Å². The van der Waals surface area contributed by atoms with Crippen LogP contribution in [-0.4, -0.2) is 37.0 Å². The van der Waals surface area contributed by atoms with Gasteiger partial charge >= 0.3 is 0 Å². The third-order valence-corrected chi connectivity index (χ3v) is 4.45. The highest BCUT2D eigenvalue weighted by Crippen LogP contribution is 2.36. The molecular formula is C16H25N3O2. The van der Waals surface area contributed by atoms with Crippen molar-refractivity contribution in [2.24, 2.45) is 16.9 Å². The Kier molecular flexibility index (Phi) is 4.54. The highest BCUT2D eigenvalue weighted by atomic mass is 16.5. The predicted molar refractivity (Wildman–Crippen MR) is 82.9 cm³/mol. The van der Waals surface area contributed by atoms with Gasteiger partial charge in [0.25, 0.3) is 0 Å². The van der Waals surface area contributed by atoms with E-state index < -0.39 is 5.41 Å². The lowest BCUT2D eigenvalue weighted by atomic mass is 9.89. The first-order valence-electron chi connectivity index (χ1n) is 7.31. The van der Waals surface area contributed by atoms with E-state index in [2.05, 4.69) is 4.90 Å². The molecule has 3 unspecified atom stereocenters. The SMILES string of the molecule is COc1ccc(C(C(C)N)N2CCC(C)(C(N)=O)C2)cc1. The summed E-state index contributed by atoms with van der Waals surface area (Å²) in [6.45, 7) is 5.41. The fourth-order valence-corrected chi connectivity index (χ4v) is 3.08. The van der Waals surface area contributed by atoms with Gasteiger partial charge in [0.1, 0.15) is 5.75 Å². The Bertz CT molecular complexity index is 501. The third kappa shape index (κ3) is 3.19. The molecule has 0 saturated carbocycles. The second-order valence-electron chi connectivity index (χ2n) is 6.22. The van der Waals surface area contributed by atoms with Crippen LogP contribution in [-0.2, 0) is 4.79 Å². The summed E-state index contributed by atoms with van der Waals surface area (Å²) in [6.07, 6.45) is 0.779. The lowest BCUT2D eigenvalue weighted by Crippen LogP contribution is -2.42. The highest BCUT2D eigenvalue weighted by molar-refractivity contribution is 5.81. The van der Waals surface area contributed by atoms with Gasteiger partial charge in [-0.1, -0.05) is 12.1 Å². The van der Waals surface area contributed by atoms with Crippen molar-refractivity contribution in [2.75, 3.05) is 20.2 Å². The number of nitrogens with two attached hydrogens (primary N) is 2. The first-order chi connectivity index (χ1) is 9.87. The number of methoxy groups -OCH3 is 1. The molecule has 21 heavy (non-hydrogen) atoms. The molecule has 1 aliphatic rings. The van der Waals surface area contributed by atoms with Crippen molar-refractivity contribution < 1.29 is 9.53 Å². The largest absolute Gasteiger partial charge is 0.497 e. The standard InChI is InChI=1S/C16H25N3O2/c1-11(17)14(12-4-6-13(21-3)7-5-12)19-9-8-16(2,10-19)15(18)20/h4-7,11,14H,8-10,17H2,1-3H3,(H2,18,20). The molecule has 1 aromatic carbocycles. The van der Waals surface area contributed by atoms with E-state index in [4.69, 9.17) is 16.2 Å². The Morgan fingerprint density at radius 1 is 1.38 bits per heavy atom. The van der Waals surface area contributed by atoms with E-state index in [1.165, 1.54) is 0 Å². The number of nitrogens with zero attached hydrogens (tertiary/aromatic N) is 1. The molecule has 1 aliphatic heterocycles. The molecule has 5 heteroatoms. The lowest BCUT2D eigenvalue weighted by Gasteiger charge is -2.32. The van der Waals surface area contributed by atoms with Gasteiger partial charge in [-0.25, -0.2) is 0 Å². The number of likely N-dealkylation sites (tertiary alicyclic amines) is 1. The molecule has 0 radical (unpaired) electrons. The number of carbonyl (C=O) groups is 1. The summed E-state index contributed by atoms with van der Waals surface area (Å²) in [6, 6.07) is 7.99. The number of primary amides is 1. The van der Waals surface area contributed by atoms with Crippen molar-refractivity contribution in [3.8, 4) is 5.75 Å². The normalized spacial score (nSPS) is 25.5. The third-order valence-electron chi connectivity index (χ3n) is 4.45. The Labute approximate surface area is 126 Å². The Balaban J connectivity index is 2.22. The summed E-state index contributed by atoms with van der Waals surface area (Å²) in [5.74, 6) is 0.591. The van der Waals surface area contributed by atoms with Crippen molar-refractivity contribution in [2.45, 2.75) is 32.4 Å². The summed E-state index contributed by atoms with van der Waals surface area (Å²) in [5.41, 5.74) is 12.4. The van der Waals surface area contributed by atoms with Gasteiger partial charge in [0.15, 0.2) is 0 Å². The van der Waals surface area contributed by atoms with Crippen LogP contribution in [0.15, 0.2) is 24.3 Å². The van der Waals surface area contributed by atoms with Crippen molar-refractivity contribution in [3.05, 3.63) is 29.8 Å². The van der Waals surface area contributed by atoms with Gasteiger partial charge in [-0.05, 0) is 44.5 Å². The van der Waals surface area contributed by atoms with E-state index in [1.807, 2.05) is 38.1 Å². The van der Waals surface area contributed by atoms with E-state index in [0.717, 1.165) is 24.3 Å². The molecule has 2 rings (SSSR count). The second-order valence-corrected chi connectivity index (χ2v) is 6.22. The molecule has 0 bridgehead atoms. The van der Waals surface area contributed by atoms with Gasteiger partial charge in [0.05, 0.1) is 12.5 Å². The minimum absolute atomic E-state index is 0.0337. The van der Waals surface area contributed by atoms with Crippen molar-refractivity contribution in [3.63, 3.8) is 0 Å². The van der Waals surface area contributed by atoms with Crippen LogP contribution in [0.5, 0.6) is 5.75 Å². The quantitative estimate of drug-likeness (QED) is 0.856. The predicted octanol–water partition coefficient (Wildman–Crippen LogP) is 1.28. The summed E-state index contributed by atoms with van der Waals surface area (Å²) in [7, 11) is 1.65. The summed E-state index contributed by atoms with van der Waals surface area (Å²) >= 11 is 0. The highest BCUT2D eigenvalue weighted by Gasteiger charge is 2.42. The molecule has 3 atom stereocenters. The van der Waals surface area contributed by atoms with Crippen LogP contribution in [0.2, 0.25) is 0 Å². The topological polar surface area (TPSA) is 81.6 Å². The van der Waals surface area contributed by atoms with Crippen LogP contribution in [0.3, 0.4) is 0 Å².